The van der Waals surface area contributed by atoms with E-state index >= 15 is 0 Å². The van der Waals surface area contributed by atoms with Crippen molar-refractivity contribution in [1.29, 1.82) is 0 Å². The molecule has 2 nitrogen and oxygen atoms in total. The number of fused-ring (bicyclic) bond motifs is 1. The number of rotatable bonds is 2. The maximum absolute atomic E-state index is 11.7. The molecule has 6 fully saturated rings. The fourth-order valence-corrected chi connectivity index (χ4v) is 13.8. The van der Waals surface area contributed by atoms with Gasteiger partial charge in [-0.05, 0) is 66.9 Å². The van der Waals surface area contributed by atoms with Crippen LogP contribution in [0.1, 0.15) is 40.5 Å². The Morgan fingerprint density at radius 2 is 1.74 bits per heavy atom. The largest absolute Gasteiger partial charge is 3.00 e. The Morgan fingerprint density at radius 1 is 1.13 bits per heavy atom. The molecule has 1 amide bonds. The van der Waals surface area contributed by atoms with Gasteiger partial charge in [-0.2, -0.15) is 0 Å². The number of carbonyl (C=O) groups excluding carboxylic acids is 1. The molecule has 2 spiro atoms. The predicted molar refractivity (Wildman–Crippen MR) is 79.8 cm³/mol. The zero-order valence-electron chi connectivity index (χ0n) is 13.8. The van der Waals surface area contributed by atoms with Gasteiger partial charge in [0.15, 0.2) is 0 Å². The van der Waals surface area contributed by atoms with E-state index in [0.717, 1.165) is 17.9 Å². The molecule has 1 heterocycles. The van der Waals surface area contributed by atoms with Crippen molar-refractivity contribution in [2.24, 2.45) is 28.1 Å². The standard InChI is InChI=1S/C17H21NOSi.2ClH.Ti/c1-7-8(2)10(4)20(9(7)3)15-6-5-14(13(18)19)11-16(14)12(15)17(11,15)16;;;/h9,11-12H,5-6H2,1-4H3,(H2,18,19);2*1H;/q;;;+3/p-3. The van der Waals surface area contributed by atoms with Gasteiger partial charge in [-0.25, -0.2) is 0 Å². The normalized spacial score (nSPS) is 57.3. The second kappa shape index (κ2) is 4.11. The minimum absolute atomic E-state index is 0. The Balaban J connectivity index is 0.000000521. The second-order valence-electron chi connectivity index (χ2n) is 8.44. The van der Waals surface area contributed by atoms with E-state index in [4.69, 9.17) is 5.73 Å². The molecular formula is C17H20Cl2NOSiTi. The predicted octanol–water partition coefficient (Wildman–Crippen LogP) is -2.64. The molecule has 1 aliphatic heterocycles. The van der Waals surface area contributed by atoms with Crippen molar-refractivity contribution >= 4 is 19.5 Å². The fourth-order valence-electron chi connectivity index (χ4n) is 8.40. The number of amides is 1. The van der Waals surface area contributed by atoms with Crippen LogP contribution in [0.4, 0.5) is 0 Å². The van der Waals surface area contributed by atoms with E-state index in [1.807, 2.05) is 0 Å². The molecule has 1 radical (unpaired) electrons. The summed E-state index contributed by atoms with van der Waals surface area (Å²) in [4.78, 5) is 11.7. The first-order valence-electron chi connectivity index (χ1n) is 8.05. The van der Waals surface area contributed by atoms with Gasteiger partial charge in [0.25, 0.3) is 0 Å². The molecule has 23 heavy (non-hydrogen) atoms. The van der Waals surface area contributed by atoms with Crippen molar-refractivity contribution in [2.75, 3.05) is 0 Å². The molecule has 7 atom stereocenters. The van der Waals surface area contributed by atoms with Crippen LogP contribution in [-0.2, 0) is 26.5 Å². The summed E-state index contributed by atoms with van der Waals surface area (Å²) in [6.45, 7) is 9.53. The van der Waals surface area contributed by atoms with Crippen molar-refractivity contribution in [3.63, 3.8) is 0 Å². The minimum Gasteiger partial charge on any atom is -1.00 e. The maximum Gasteiger partial charge on any atom is 3.00 e. The maximum atomic E-state index is 11.7. The van der Waals surface area contributed by atoms with Gasteiger partial charge in [0, 0.05) is 13.8 Å². The third kappa shape index (κ3) is 1.07. The Bertz CT molecular complexity index is 766. The average Bonchev–Trinajstić information content (AvgIpc) is 3.27. The van der Waals surface area contributed by atoms with E-state index in [0.29, 0.717) is 21.8 Å². The molecule has 2 bridgehead atoms. The fraction of sp³-hybridized carbons (Fsp3) is 0.765. The van der Waals surface area contributed by atoms with E-state index in [1.165, 1.54) is 6.42 Å². The Kier molecular flexibility index (Phi) is 3.29. The first-order valence-corrected chi connectivity index (χ1v) is 9.63. The molecule has 6 heteroatoms. The van der Waals surface area contributed by atoms with Gasteiger partial charge in [0.05, 0.1) is 5.91 Å². The van der Waals surface area contributed by atoms with Gasteiger partial charge in [0.2, 0.25) is 0 Å². The summed E-state index contributed by atoms with van der Waals surface area (Å²) < 4.78 is 0. The first kappa shape index (κ1) is 18.4. The van der Waals surface area contributed by atoms with Crippen molar-refractivity contribution < 1.29 is 51.3 Å². The number of nitrogens with one attached hydrogen (secondary N) is 1. The summed E-state index contributed by atoms with van der Waals surface area (Å²) in [5.74, 6) is 1.36. The minimum atomic E-state index is -0.447. The third-order valence-electron chi connectivity index (χ3n) is 9.07. The number of hydrogen-bond donors (Lipinski definition) is 0. The molecule has 121 valence electrons. The number of allylic oxidation sites excluding steroid dienone is 2. The molecule has 7 rings (SSSR count). The second-order valence-corrected chi connectivity index (χ2v) is 11.8. The van der Waals surface area contributed by atoms with Crippen LogP contribution in [0.3, 0.4) is 0 Å². The van der Waals surface area contributed by atoms with E-state index in [9.17, 15) is 4.79 Å². The van der Waals surface area contributed by atoms with Crippen molar-refractivity contribution in [1.82, 2.24) is 0 Å². The van der Waals surface area contributed by atoms with Crippen LogP contribution in [0.15, 0.2) is 11.1 Å². The van der Waals surface area contributed by atoms with Gasteiger partial charge in [-0.3, -0.25) is 0 Å². The van der Waals surface area contributed by atoms with E-state index in [1.54, 1.807) is 16.3 Å². The first-order chi connectivity index (χ1) is 9.40. The van der Waals surface area contributed by atoms with Crippen LogP contribution in [0.25, 0.3) is 5.73 Å². The Morgan fingerprint density at radius 3 is 2.13 bits per heavy atom. The summed E-state index contributed by atoms with van der Waals surface area (Å²) in [5.41, 5.74) is 12.7. The third-order valence-corrected chi connectivity index (χ3v) is 13.5. The van der Waals surface area contributed by atoms with Gasteiger partial charge < -0.3 is 35.3 Å². The van der Waals surface area contributed by atoms with Gasteiger partial charge in [0.1, 0.15) is 0 Å². The van der Waals surface area contributed by atoms with Crippen LogP contribution < -0.4 is 24.8 Å². The molecule has 7 unspecified atom stereocenters. The topological polar surface area (TPSA) is 40.9 Å². The number of carbonyl (C=O) groups is 1. The van der Waals surface area contributed by atoms with Crippen LogP contribution in [0.2, 0.25) is 10.6 Å². The molecule has 6 saturated carbocycles. The molecule has 1 N–H and O–H groups in total. The summed E-state index contributed by atoms with van der Waals surface area (Å²) in [6, 6.07) is 0. The summed E-state index contributed by atoms with van der Waals surface area (Å²) in [5, 5.41) is 2.41. The Hall–Kier alpha value is 0.591. The summed E-state index contributed by atoms with van der Waals surface area (Å²) in [6.07, 6.45) is 2.33. The Labute approximate surface area is 166 Å². The molecule has 6 aliphatic carbocycles. The van der Waals surface area contributed by atoms with Gasteiger partial charge >= 0.3 is 21.7 Å². The van der Waals surface area contributed by atoms with Gasteiger partial charge in [-0.15, -0.1) is 0 Å². The monoisotopic (exact) mass is 400 g/mol. The zero-order chi connectivity index (χ0) is 14.0. The molecule has 7 aliphatic rings. The van der Waals surface area contributed by atoms with Crippen molar-refractivity contribution in [3.8, 4) is 0 Å². The molecule has 0 aromatic rings. The number of hydrogen-bond acceptors (Lipinski definition) is 1. The van der Waals surface area contributed by atoms with E-state index < -0.39 is 8.41 Å². The van der Waals surface area contributed by atoms with Gasteiger partial charge in [-0.1, -0.05) is 23.2 Å². The van der Waals surface area contributed by atoms with E-state index in [-0.39, 0.29) is 57.9 Å². The van der Waals surface area contributed by atoms with Crippen LogP contribution in [0, 0.1) is 28.1 Å². The molecule has 0 aromatic heterocycles. The van der Waals surface area contributed by atoms with Crippen molar-refractivity contribution in [2.45, 2.75) is 51.1 Å². The van der Waals surface area contributed by atoms with E-state index in [2.05, 4.69) is 27.7 Å². The molecule has 0 aromatic carbocycles. The van der Waals surface area contributed by atoms with Crippen LogP contribution in [0.5, 0.6) is 0 Å². The average molecular weight is 401 g/mol. The SMILES string of the molecule is CC1=C(C)C(C)[Si](C23CCC4(C([NH-])=O)C5C46C2C536)=C1C.[Cl-].[Cl-].[Ti+3]. The van der Waals surface area contributed by atoms with Crippen LogP contribution in [-0.4, -0.2) is 19.5 Å². The van der Waals surface area contributed by atoms with Crippen LogP contribution >= 0.6 is 0 Å². The smallest absolute Gasteiger partial charge is 1.00 e. The quantitative estimate of drug-likeness (QED) is 0.467. The van der Waals surface area contributed by atoms with Crippen molar-refractivity contribution in [3.05, 3.63) is 16.9 Å². The summed E-state index contributed by atoms with van der Waals surface area (Å²) >= 11 is 0. The summed E-state index contributed by atoms with van der Waals surface area (Å²) in [7, 11) is -0.447. The molecule has 0 saturated heterocycles. The number of halogens is 2. The molecular weight excluding hydrogens is 381 g/mol. The zero-order valence-corrected chi connectivity index (χ0v) is 17.9.